The number of rotatable bonds is 3. The molecule has 6 atom stereocenters. The number of carbonyl (C=O) groups is 1. The van der Waals surface area contributed by atoms with Crippen LogP contribution in [0.4, 0.5) is 0 Å². The van der Waals surface area contributed by atoms with E-state index in [9.17, 15) is 9.90 Å². The Labute approximate surface area is 150 Å². The number of halogens is 1. The number of alkyl halides is 1. The maximum atomic E-state index is 12.5. The Morgan fingerprint density at radius 1 is 1.29 bits per heavy atom. The van der Waals surface area contributed by atoms with E-state index in [4.69, 9.17) is 17.3 Å². The molecule has 1 aliphatic carbocycles. The lowest BCUT2D eigenvalue weighted by molar-refractivity contribution is -0.136. The van der Waals surface area contributed by atoms with Crippen molar-refractivity contribution >= 4 is 17.5 Å². The molecule has 3 fully saturated rings. The van der Waals surface area contributed by atoms with Gasteiger partial charge in [0.05, 0.1) is 12.0 Å². The van der Waals surface area contributed by atoms with E-state index in [1.165, 1.54) is 0 Å². The van der Waals surface area contributed by atoms with Crippen LogP contribution in [0.5, 0.6) is 0 Å². The molecule has 6 heteroatoms. The largest absolute Gasteiger partial charge is 0.393 e. The highest BCUT2D eigenvalue weighted by molar-refractivity contribution is 6.20. The average Bonchev–Trinajstić information content (AvgIpc) is 3.11. The van der Waals surface area contributed by atoms with Gasteiger partial charge in [0.1, 0.15) is 0 Å². The summed E-state index contributed by atoms with van der Waals surface area (Å²) in [6.07, 6.45) is 4.06. The molecule has 138 valence electrons. The second-order valence-corrected chi connectivity index (χ2v) is 8.69. The Hall–Kier alpha value is -0.360. The number of carbonyl (C=O) groups excluding carboxylic acids is 1. The molecule has 0 aromatic heterocycles. The zero-order valence-corrected chi connectivity index (χ0v) is 15.4. The number of likely N-dealkylation sites (tertiary alicyclic amines) is 1. The van der Waals surface area contributed by atoms with Gasteiger partial charge in [0.15, 0.2) is 0 Å². The van der Waals surface area contributed by atoms with Crippen LogP contribution in [0.25, 0.3) is 0 Å². The molecule has 1 saturated carbocycles. The van der Waals surface area contributed by atoms with Crippen LogP contribution in [0.15, 0.2) is 0 Å². The number of nitrogens with one attached hydrogen (secondary N) is 1. The molecule has 3 rings (SSSR count). The van der Waals surface area contributed by atoms with Crippen molar-refractivity contribution < 1.29 is 9.90 Å². The molecule has 4 unspecified atom stereocenters. The number of aliphatic hydroxyl groups excluding tert-OH is 1. The second-order valence-electron chi connectivity index (χ2n) is 8.13. The van der Waals surface area contributed by atoms with Gasteiger partial charge in [-0.05, 0) is 50.5 Å². The Morgan fingerprint density at radius 2 is 2.00 bits per heavy atom. The Bertz CT molecular complexity index is 436. The number of amides is 1. The molecular weight excluding hydrogens is 326 g/mol. The summed E-state index contributed by atoms with van der Waals surface area (Å²) in [6, 6.07) is -0.0147. The van der Waals surface area contributed by atoms with Gasteiger partial charge in [-0.1, -0.05) is 6.92 Å². The third-order valence-electron chi connectivity index (χ3n) is 6.52. The zero-order chi connectivity index (χ0) is 17.3. The highest BCUT2D eigenvalue weighted by Gasteiger charge is 2.40. The molecule has 0 bridgehead atoms. The maximum Gasteiger partial charge on any atom is 0.227 e. The second kappa shape index (κ2) is 7.90. The molecule has 5 nitrogen and oxygen atoms in total. The molecule has 0 radical (unpaired) electrons. The van der Waals surface area contributed by atoms with Crippen molar-refractivity contribution in [3.05, 3.63) is 0 Å². The van der Waals surface area contributed by atoms with Crippen LogP contribution >= 0.6 is 11.6 Å². The number of aliphatic hydroxyl groups is 1. The van der Waals surface area contributed by atoms with E-state index in [-0.39, 0.29) is 29.4 Å². The van der Waals surface area contributed by atoms with E-state index in [1.807, 2.05) is 4.90 Å². The topological polar surface area (TPSA) is 78.6 Å². The highest BCUT2D eigenvalue weighted by atomic mass is 35.5. The van der Waals surface area contributed by atoms with E-state index in [1.54, 1.807) is 0 Å². The fraction of sp³-hybridized carbons (Fsp3) is 0.944. The first kappa shape index (κ1) is 18.4. The third-order valence-corrected chi connectivity index (χ3v) is 7.13. The number of nitrogens with zero attached hydrogens (tertiary/aromatic N) is 1. The summed E-state index contributed by atoms with van der Waals surface area (Å²) in [5, 5.41) is 13.8. The first-order valence-electron chi connectivity index (χ1n) is 9.54. The van der Waals surface area contributed by atoms with E-state index in [0.29, 0.717) is 17.7 Å². The molecule has 0 spiro atoms. The van der Waals surface area contributed by atoms with Gasteiger partial charge in [0, 0.05) is 37.0 Å². The monoisotopic (exact) mass is 357 g/mol. The first-order chi connectivity index (χ1) is 11.5. The number of hydrogen-bond acceptors (Lipinski definition) is 4. The van der Waals surface area contributed by atoms with Crippen LogP contribution in [0.1, 0.15) is 39.0 Å². The van der Waals surface area contributed by atoms with E-state index in [2.05, 4.69) is 12.2 Å². The van der Waals surface area contributed by atoms with Crippen molar-refractivity contribution in [1.82, 2.24) is 10.2 Å². The van der Waals surface area contributed by atoms with Gasteiger partial charge in [-0.25, -0.2) is 0 Å². The lowest BCUT2D eigenvalue weighted by Gasteiger charge is -2.43. The van der Waals surface area contributed by atoms with Gasteiger partial charge in [-0.3, -0.25) is 4.79 Å². The average molecular weight is 358 g/mol. The van der Waals surface area contributed by atoms with E-state index < -0.39 is 0 Å². The lowest BCUT2D eigenvalue weighted by atomic mass is 9.72. The summed E-state index contributed by atoms with van der Waals surface area (Å²) in [4.78, 5) is 14.5. The van der Waals surface area contributed by atoms with Crippen molar-refractivity contribution in [1.29, 1.82) is 0 Å². The van der Waals surface area contributed by atoms with Gasteiger partial charge in [0.2, 0.25) is 5.91 Å². The quantitative estimate of drug-likeness (QED) is 0.663. The highest BCUT2D eigenvalue weighted by Crippen LogP contribution is 2.37. The summed E-state index contributed by atoms with van der Waals surface area (Å²) in [6.45, 7) is 5.48. The van der Waals surface area contributed by atoms with Gasteiger partial charge >= 0.3 is 0 Å². The van der Waals surface area contributed by atoms with Crippen LogP contribution in [-0.4, -0.2) is 59.6 Å². The maximum absolute atomic E-state index is 12.5. The molecule has 2 saturated heterocycles. The summed E-state index contributed by atoms with van der Waals surface area (Å²) >= 11 is 6.42. The van der Waals surface area contributed by atoms with Crippen LogP contribution in [0, 0.1) is 23.7 Å². The molecule has 3 aliphatic rings. The van der Waals surface area contributed by atoms with Crippen LogP contribution in [0.3, 0.4) is 0 Å². The van der Waals surface area contributed by atoms with Gasteiger partial charge in [-0.15, -0.1) is 11.6 Å². The van der Waals surface area contributed by atoms with Crippen molar-refractivity contribution in [2.24, 2.45) is 29.4 Å². The predicted octanol–water partition coefficient (Wildman–Crippen LogP) is 1.18. The van der Waals surface area contributed by atoms with Crippen molar-refractivity contribution in [2.45, 2.75) is 56.6 Å². The molecule has 24 heavy (non-hydrogen) atoms. The zero-order valence-electron chi connectivity index (χ0n) is 14.7. The van der Waals surface area contributed by atoms with Crippen molar-refractivity contribution in [2.75, 3.05) is 26.2 Å². The molecular formula is C18H32ClN3O2. The van der Waals surface area contributed by atoms with Crippen molar-refractivity contribution in [3.8, 4) is 0 Å². The Morgan fingerprint density at radius 3 is 2.62 bits per heavy atom. The molecule has 2 heterocycles. The summed E-state index contributed by atoms with van der Waals surface area (Å²) in [5.41, 5.74) is 6.53. The summed E-state index contributed by atoms with van der Waals surface area (Å²) < 4.78 is 0. The number of nitrogens with two attached hydrogens (primary N) is 1. The van der Waals surface area contributed by atoms with Gasteiger partial charge in [-0.2, -0.15) is 0 Å². The van der Waals surface area contributed by atoms with Gasteiger partial charge < -0.3 is 21.1 Å². The fourth-order valence-electron chi connectivity index (χ4n) is 4.74. The number of hydrogen-bond donors (Lipinski definition) is 3. The molecule has 4 N–H and O–H groups in total. The fourth-order valence-corrected chi connectivity index (χ4v) is 5.05. The van der Waals surface area contributed by atoms with Crippen LogP contribution in [-0.2, 0) is 4.79 Å². The Kier molecular flexibility index (Phi) is 6.07. The molecule has 0 aromatic rings. The number of piperidine rings is 1. The molecule has 0 aromatic carbocycles. The molecule has 2 aliphatic heterocycles. The summed E-state index contributed by atoms with van der Waals surface area (Å²) in [5.74, 6) is 1.29. The van der Waals surface area contributed by atoms with Crippen LogP contribution < -0.4 is 11.1 Å². The minimum Gasteiger partial charge on any atom is -0.393 e. The minimum absolute atomic E-state index is 0.0147. The standard InChI is InChI=1S/C18H32ClN3O2/c1-11-8-16(23)14(9-15(11)19)17(20)12-3-6-22(7-4-12)18(24)13-2-5-21-10-13/h11-17,21,23H,2-10,20H2,1H3/t11?,13-,14?,15?,16?,17-/m1/s1. The van der Waals surface area contributed by atoms with E-state index >= 15 is 0 Å². The SMILES string of the molecule is CC1CC(O)C([C@H](N)C2CCN(C(=O)[C@@H]3CCNC3)CC2)CC1Cl. The third kappa shape index (κ3) is 3.90. The van der Waals surface area contributed by atoms with Crippen LogP contribution in [0.2, 0.25) is 0 Å². The normalized spacial score (nSPS) is 39.8. The van der Waals surface area contributed by atoms with Gasteiger partial charge in [0.25, 0.3) is 0 Å². The molecule has 1 amide bonds. The van der Waals surface area contributed by atoms with E-state index in [0.717, 1.165) is 58.3 Å². The summed E-state index contributed by atoms with van der Waals surface area (Å²) in [7, 11) is 0. The lowest BCUT2D eigenvalue weighted by Crippen LogP contribution is -2.52. The van der Waals surface area contributed by atoms with Crippen molar-refractivity contribution in [3.63, 3.8) is 0 Å². The minimum atomic E-state index is -0.339. The Balaban J connectivity index is 1.51. The smallest absolute Gasteiger partial charge is 0.227 e. The predicted molar refractivity (Wildman–Crippen MR) is 95.8 cm³/mol. The first-order valence-corrected chi connectivity index (χ1v) is 9.98.